The van der Waals surface area contributed by atoms with Crippen LogP contribution in [-0.2, 0) is 0 Å². The minimum Gasteiger partial charge on any atom is -0.395 e. The fourth-order valence-electron chi connectivity index (χ4n) is 2.35. The Hall–Kier alpha value is -0.120. The fraction of sp³-hybridized carbons (Fsp3) is 1.00. The number of rotatable bonds is 11. The summed E-state index contributed by atoms with van der Waals surface area (Å²) in [6.45, 7) is 13.3. The molecule has 3 nitrogen and oxygen atoms in total. The van der Waals surface area contributed by atoms with E-state index in [9.17, 15) is 0 Å². The molecule has 0 aliphatic carbocycles. The summed E-state index contributed by atoms with van der Waals surface area (Å²) >= 11 is 0. The number of aliphatic hydroxyl groups is 1. The Bertz CT molecular complexity index is 160. The zero-order valence-corrected chi connectivity index (χ0v) is 12.2. The van der Waals surface area contributed by atoms with Gasteiger partial charge in [-0.3, -0.25) is 4.90 Å². The molecule has 0 aromatic heterocycles. The second kappa shape index (κ2) is 11.0. The molecule has 0 bridgehead atoms. The summed E-state index contributed by atoms with van der Waals surface area (Å²) < 4.78 is 0. The third-order valence-corrected chi connectivity index (χ3v) is 3.31. The summed E-state index contributed by atoms with van der Waals surface area (Å²) in [6, 6.07) is 0.621. The van der Waals surface area contributed by atoms with E-state index in [2.05, 4.69) is 37.9 Å². The molecule has 2 N–H and O–H groups in total. The zero-order valence-electron chi connectivity index (χ0n) is 12.2. The maximum absolute atomic E-state index is 9.15. The Labute approximate surface area is 108 Å². The predicted octanol–water partition coefficient (Wildman–Crippen LogP) is 2.10. The van der Waals surface area contributed by atoms with E-state index < -0.39 is 0 Å². The third-order valence-electron chi connectivity index (χ3n) is 3.31. The Morgan fingerprint density at radius 3 is 2.29 bits per heavy atom. The summed E-state index contributed by atoms with van der Waals surface area (Å²) in [5, 5.41) is 12.6. The van der Waals surface area contributed by atoms with E-state index in [0.717, 1.165) is 26.2 Å². The van der Waals surface area contributed by atoms with Crippen LogP contribution in [0, 0.1) is 5.92 Å². The van der Waals surface area contributed by atoms with Gasteiger partial charge in [0.05, 0.1) is 6.61 Å². The molecule has 0 aliphatic heterocycles. The average molecular weight is 244 g/mol. The topological polar surface area (TPSA) is 35.5 Å². The average Bonchev–Trinajstić information content (AvgIpc) is 2.31. The quantitative estimate of drug-likeness (QED) is 0.546. The van der Waals surface area contributed by atoms with Crippen molar-refractivity contribution in [2.24, 2.45) is 5.92 Å². The molecule has 0 radical (unpaired) electrons. The van der Waals surface area contributed by atoms with Crippen molar-refractivity contribution >= 4 is 0 Å². The van der Waals surface area contributed by atoms with Crippen molar-refractivity contribution in [2.45, 2.75) is 53.0 Å². The lowest BCUT2D eigenvalue weighted by Crippen LogP contribution is -2.41. The molecule has 3 heteroatoms. The van der Waals surface area contributed by atoms with Gasteiger partial charge in [-0.2, -0.15) is 0 Å². The number of hydrogen-bond donors (Lipinski definition) is 2. The largest absolute Gasteiger partial charge is 0.395 e. The van der Waals surface area contributed by atoms with E-state index >= 15 is 0 Å². The van der Waals surface area contributed by atoms with Gasteiger partial charge in [-0.15, -0.1) is 0 Å². The molecule has 0 aromatic carbocycles. The van der Waals surface area contributed by atoms with Crippen molar-refractivity contribution < 1.29 is 5.11 Å². The summed E-state index contributed by atoms with van der Waals surface area (Å²) in [6.07, 6.45) is 3.54. The molecule has 1 atom stereocenters. The lowest BCUT2D eigenvalue weighted by molar-refractivity contribution is 0.126. The van der Waals surface area contributed by atoms with Crippen molar-refractivity contribution in [3.05, 3.63) is 0 Å². The van der Waals surface area contributed by atoms with E-state index in [-0.39, 0.29) is 6.61 Å². The maximum Gasteiger partial charge on any atom is 0.0558 e. The molecular weight excluding hydrogens is 212 g/mol. The summed E-state index contributed by atoms with van der Waals surface area (Å²) in [5.74, 6) is 0.647. The normalized spacial score (nSPS) is 13.6. The molecule has 0 saturated carbocycles. The molecule has 17 heavy (non-hydrogen) atoms. The molecule has 0 heterocycles. The van der Waals surface area contributed by atoms with Crippen molar-refractivity contribution in [3.63, 3.8) is 0 Å². The van der Waals surface area contributed by atoms with Gasteiger partial charge in [0.15, 0.2) is 0 Å². The lowest BCUT2D eigenvalue weighted by Gasteiger charge is -2.32. The molecule has 0 aromatic rings. The molecule has 0 rings (SSSR count). The monoisotopic (exact) mass is 244 g/mol. The molecule has 0 aliphatic rings. The van der Waals surface area contributed by atoms with Crippen LogP contribution in [0.5, 0.6) is 0 Å². The van der Waals surface area contributed by atoms with Gasteiger partial charge in [-0.1, -0.05) is 27.7 Å². The summed E-state index contributed by atoms with van der Waals surface area (Å²) in [5.41, 5.74) is 0. The van der Waals surface area contributed by atoms with E-state index in [1.165, 1.54) is 19.3 Å². The van der Waals surface area contributed by atoms with Gasteiger partial charge in [-0.25, -0.2) is 0 Å². The standard InChI is InChI=1S/C14H32N2O/c1-5-8-15-11-13(4)12-16(9-10-17)14(6-2)7-3/h13-15,17H,5-12H2,1-4H3. The first kappa shape index (κ1) is 16.9. The summed E-state index contributed by atoms with van der Waals surface area (Å²) in [7, 11) is 0. The predicted molar refractivity (Wildman–Crippen MR) is 75.4 cm³/mol. The molecular formula is C14H32N2O. The van der Waals surface area contributed by atoms with Gasteiger partial charge in [-0.05, 0) is 38.3 Å². The highest BCUT2D eigenvalue weighted by atomic mass is 16.3. The van der Waals surface area contributed by atoms with Crippen LogP contribution in [0.25, 0.3) is 0 Å². The molecule has 0 amide bonds. The van der Waals surface area contributed by atoms with Crippen LogP contribution < -0.4 is 5.32 Å². The van der Waals surface area contributed by atoms with Gasteiger partial charge < -0.3 is 10.4 Å². The molecule has 1 unspecified atom stereocenters. The van der Waals surface area contributed by atoms with Crippen LogP contribution in [0.3, 0.4) is 0 Å². The maximum atomic E-state index is 9.15. The van der Waals surface area contributed by atoms with Gasteiger partial charge in [0.1, 0.15) is 0 Å². The van der Waals surface area contributed by atoms with Crippen molar-refractivity contribution in [1.29, 1.82) is 0 Å². The van der Waals surface area contributed by atoms with Crippen LogP contribution in [0.2, 0.25) is 0 Å². The highest BCUT2D eigenvalue weighted by molar-refractivity contribution is 4.72. The van der Waals surface area contributed by atoms with Gasteiger partial charge in [0, 0.05) is 19.1 Å². The smallest absolute Gasteiger partial charge is 0.0558 e. The Morgan fingerprint density at radius 2 is 1.82 bits per heavy atom. The lowest BCUT2D eigenvalue weighted by atomic mass is 10.1. The van der Waals surface area contributed by atoms with Crippen LogP contribution in [0.1, 0.15) is 47.0 Å². The minimum absolute atomic E-state index is 0.269. The van der Waals surface area contributed by atoms with Gasteiger partial charge in [0.2, 0.25) is 0 Å². The van der Waals surface area contributed by atoms with Crippen molar-refractivity contribution in [2.75, 3.05) is 32.8 Å². The van der Waals surface area contributed by atoms with Gasteiger partial charge >= 0.3 is 0 Å². The Balaban J connectivity index is 4.04. The zero-order chi connectivity index (χ0) is 13.1. The second-order valence-electron chi connectivity index (χ2n) is 5.00. The summed E-state index contributed by atoms with van der Waals surface area (Å²) in [4.78, 5) is 2.44. The van der Waals surface area contributed by atoms with E-state index in [0.29, 0.717) is 12.0 Å². The van der Waals surface area contributed by atoms with Crippen LogP contribution in [0.4, 0.5) is 0 Å². The van der Waals surface area contributed by atoms with E-state index in [1.807, 2.05) is 0 Å². The SMILES string of the molecule is CCCNCC(C)CN(CCO)C(CC)CC. The highest BCUT2D eigenvalue weighted by Crippen LogP contribution is 2.10. The number of nitrogens with one attached hydrogen (secondary N) is 1. The third kappa shape index (κ3) is 7.74. The number of hydrogen-bond acceptors (Lipinski definition) is 3. The number of aliphatic hydroxyl groups excluding tert-OH is 1. The first-order valence-electron chi connectivity index (χ1n) is 7.25. The van der Waals surface area contributed by atoms with Crippen LogP contribution in [-0.4, -0.2) is 48.8 Å². The fourth-order valence-corrected chi connectivity index (χ4v) is 2.35. The molecule has 0 spiro atoms. The molecule has 0 fully saturated rings. The molecule has 104 valence electrons. The van der Waals surface area contributed by atoms with Crippen molar-refractivity contribution in [3.8, 4) is 0 Å². The van der Waals surface area contributed by atoms with Crippen molar-refractivity contribution in [1.82, 2.24) is 10.2 Å². The van der Waals surface area contributed by atoms with Gasteiger partial charge in [0.25, 0.3) is 0 Å². The van der Waals surface area contributed by atoms with E-state index in [1.54, 1.807) is 0 Å². The molecule has 0 saturated heterocycles. The first-order chi connectivity index (χ1) is 8.19. The van der Waals surface area contributed by atoms with Crippen LogP contribution in [0.15, 0.2) is 0 Å². The number of nitrogens with zero attached hydrogens (tertiary/aromatic N) is 1. The van der Waals surface area contributed by atoms with Crippen LogP contribution >= 0.6 is 0 Å². The highest BCUT2D eigenvalue weighted by Gasteiger charge is 2.16. The Kier molecular flexibility index (Phi) is 10.9. The second-order valence-corrected chi connectivity index (χ2v) is 5.00. The minimum atomic E-state index is 0.269. The first-order valence-corrected chi connectivity index (χ1v) is 7.25. The Morgan fingerprint density at radius 1 is 1.18 bits per heavy atom. The van der Waals surface area contributed by atoms with E-state index in [4.69, 9.17) is 5.11 Å².